The van der Waals surface area contributed by atoms with Crippen LogP contribution in [0.1, 0.15) is 30.4 Å². The molecule has 0 radical (unpaired) electrons. The van der Waals surface area contributed by atoms with E-state index in [0.717, 1.165) is 0 Å². The minimum absolute atomic E-state index is 0.0980. The van der Waals surface area contributed by atoms with Crippen LogP contribution < -0.4 is 5.32 Å². The fraction of sp³-hybridized carbons (Fsp3) is 0.417. The largest absolute Gasteiger partial charge is 0.335 e. The molecule has 1 aromatic heterocycles. The van der Waals surface area contributed by atoms with Gasteiger partial charge in [0.15, 0.2) is 0 Å². The maximum absolute atomic E-state index is 11.8. The van der Waals surface area contributed by atoms with Crippen LogP contribution in [-0.2, 0) is 0 Å². The molecule has 0 aliphatic rings. The zero-order valence-electron chi connectivity index (χ0n) is 9.20. The molecule has 1 unspecified atom stereocenters. The highest BCUT2D eigenvalue weighted by Gasteiger charge is 2.28. The molecule has 80 valence electrons. The quantitative estimate of drug-likeness (QED) is 0.781. The summed E-state index contributed by atoms with van der Waals surface area (Å²) in [6.07, 6.45) is 5.45. The molecule has 0 saturated carbocycles. The molecule has 1 amide bonds. The maximum atomic E-state index is 11.8. The average molecular weight is 221 g/mol. The molecule has 0 bridgehead atoms. The Morgan fingerprint density at radius 2 is 2.33 bits per heavy atom. The molecule has 0 aliphatic carbocycles. The smallest absolute Gasteiger partial charge is 0.262 e. The van der Waals surface area contributed by atoms with Crippen molar-refractivity contribution in [3.05, 3.63) is 22.4 Å². The first-order valence-corrected chi connectivity index (χ1v) is 5.71. The first-order valence-electron chi connectivity index (χ1n) is 4.83. The molecule has 0 saturated heterocycles. The number of carbonyl (C=O) groups excluding carboxylic acids is 1. The molecule has 1 N–H and O–H groups in total. The summed E-state index contributed by atoms with van der Waals surface area (Å²) >= 11 is 1.41. The van der Waals surface area contributed by atoms with Crippen LogP contribution in [0.25, 0.3) is 0 Å². The Morgan fingerprint density at radius 1 is 1.67 bits per heavy atom. The van der Waals surface area contributed by atoms with Crippen molar-refractivity contribution in [1.82, 2.24) is 5.32 Å². The molecule has 0 fully saturated rings. The van der Waals surface area contributed by atoms with Crippen LogP contribution in [0, 0.1) is 18.3 Å². The van der Waals surface area contributed by atoms with E-state index in [2.05, 4.69) is 11.2 Å². The van der Waals surface area contributed by atoms with Crippen molar-refractivity contribution < 1.29 is 4.79 Å². The Kier molecular flexibility index (Phi) is 3.54. The summed E-state index contributed by atoms with van der Waals surface area (Å²) in [5, 5.41) is 4.75. The van der Waals surface area contributed by atoms with Gasteiger partial charge in [-0.1, -0.05) is 25.8 Å². The number of carbonyl (C=O) groups is 1. The first-order chi connectivity index (χ1) is 6.99. The van der Waals surface area contributed by atoms with E-state index in [0.29, 0.717) is 4.88 Å². The van der Waals surface area contributed by atoms with Gasteiger partial charge in [0, 0.05) is 0 Å². The zero-order valence-corrected chi connectivity index (χ0v) is 10.0. The van der Waals surface area contributed by atoms with Gasteiger partial charge in [0.2, 0.25) is 0 Å². The van der Waals surface area contributed by atoms with E-state index in [-0.39, 0.29) is 11.8 Å². The van der Waals surface area contributed by atoms with Crippen LogP contribution in [0.4, 0.5) is 0 Å². The summed E-state index contributed by atoms with van der Waals surface area (Å²) in [6, 6.07) is 3.64. The number of nitrogens with one attached hydrogen (secondary N) is 1. The van der Waals surface area contributed by atoms with Gasteiger partial charge in [-0.15, -0.1) is 17.8 Å². The van der Waals surface area contributed by atoms with E-state index >= 15 is 0 Å². The molecule has 1 heterocycles. The summed E-state index contributed by atoms with van der Waals surface area (Å²) in [5.74, 6) is 2.75. The minimum Gasteiger partial charge on any atom is -0.335 e. The number of terminal acetylenes is 1. The van der Waals surface area contributed by atoms with Crippen molar-refractivity contribution in [1.29, 1.82) is 0 Å². The molecule has 0 aromatic carbocycles. The van der Waals surface area contributed by atoms with Crippen molar-refractivity contribution in [2.75, 3.05) is 0 Å². The Labute approximate surface area is 94.7 Å². The van der Waals surface area contributed by atoms with Gasteiger partial charge < -0.3 is 5.32 Å². The lowest BCUT2D eigenvalue weighted by molar-refractivity contribution is 0.0913. The zero-order chi connectivity index (χ0) is 11.5. The number of thiophene rings is 1. The standard InChI is InChI=1S/C12H15NOS/c1-5-12(4,9(2)3)13-11(14)10-7-6-8-15-10/h1,6-9H,2-4H3,(H,13,14). The SMILES string of the molecule is C#CC(C)(NC(=O)c1cccs1)C(C)C. The lowest BCUT2D eigenvalue weighted by Crippen LogP contribution is -2.48. The fourth-order valence-electron chi connectivity index (χ4n) is 1.05. The van der Waals surface area contributed by atoms with Gasteiger partial charge in [0.25, 0.3) is 5.91 Å². The van der Waals surface area contributed by atoms with Crippen molar-refractivity contribution in [3.63, 3.8) is 0 Å². The van der Waals surface area contributed by atoms with Crippen molar-refractivity contribution in [3.8, 4) is 12.3 Å². The highest BCUT2D eigenvalue weighted by atomic mass is 32.1. The van der Waals surface area contributed by atoms with Gasteiger partial charge in [0.1, 0.15) is 5.54 Å². The normalized spacial score (nSPS) is 14.3. The van der Waals surface area contributed by atoms with E-state index in [4.69, 9.17) is 6.42 Å². The molecule has 0 aliphatic heterocycles. The molecular weight excluding hydrogens is 206 g/mol. The summed E-state index contributed by atoms with van der Waals surface area (Å²) in [5.41, 5.74) is -0.582. The molecule has 1 rings (SSSR count). The van der Waals surface area contributed by atoms with Gasteiger partial charge in [-0.2, -0.15) is 0 Å². The number of amides is 1. The lowest BCUT2D eigenvalue weighted by atomic mass is 9.89. The number of rotatable bonds is 3. The van der Waals surface area contributed by atoms with Crippen LogP contribution in [0.5, 0.6) is 0 Å². The predicted octanol–water partition coefficient (Wildman–Crippen LogP) is 2.53. The predicted molar refractivity (Wildman–Crippen MR) is 63.9 cm³/mol. The molecule has 1 atom stereocenters. The second-order valence-electron chi connectivity index (χ2n) is 3.93. The Balaban J connectivity index is 2.78. The minimum atomic E-state index is -0.582. The molecule has 1 aromatic rings. The van der Waals surface area contributed by atoms with Crippen molar-refractivity contribution >= 4 is 17.2 Å². The molecule has 2 nitrogen and oxygen atoms in total. The molecular formula is C12H15NOS. The number of hydrogen-bond acceptors (Lipinski definition) is 2. The fourth-order valence-corrected chi connectivity index (χ4v) is 1.67. The van der Waals surface area contributed by atoms with Crippen molar-refractivity contribution in [2.24, 2.45) is 5.92 Å². The van der Waals surface area contributed by atoms with Gasteiger partial charge in [0.05, 0.1) is 4.88 Å². The highest BCUT2D eigenvalue weighted by molar-refractivity contribution is 7.12. The molecule has 15 heavy (non-hydrogen) atoms. The third-order valence-corrected chi connectivity index (χ3v) is 3.44. The van der Waals surface area contributed by atoms with Gasteiger partial charge in [-0.3, -0.25) is 4.79 Å². The Hall–Kier alpha value is -1.27. The van der Waals surface area contributed by atoms with Crippen LogP contribution in [-0.4, -0.2) is 11.4 Å². The van der Waals surface area contributed by atoms with Crippen LogP contribution >= 0.6 is 11.3 Å². The van der Waals surface area contributed by atoms with E-state index in [9.17, 15) is 4.79 Å². The van der Waals surface area contributed by atoms with Gasteiger partial charge in [-0.25, -0.2) is 0 Å². The Morgan fingerprint density at radius 3 is 2.73 bits per heavy atom. The third kappa shape index (κ3) is 2.60. The van der Waals surface area contributed by atoms with Gasteiger partial charge in [-0.05, 0) is 24.3 Å². The summed E-state index contributed by atoms with van der Waals surface area (Å²) in [4.78, 5) is 12.5. The van der Waals surface area contributed by atoms with Crippen LogP contribution in [0.15, 0.2) is 17.5 Å². The third-order valence-electron chi connectivity index (χ3n) is 2.57. The molecule has 3 heteroatoms. The van der Waals surface area contributed by atoms with E-state index < -0.39 is 5.54 Å². The van der Waals surface area contributed by atoms with Gasteiger partial charge >= 0.3 is 0 Å². The second-order valence-corrected chi connectivity index (χ2v) is 4.88. The van der Waals surface area contributed by atoms with Crippen molar-refractivity contribution in [2.45, 2.75) is 26.3 Å². The maximum Gasteiger partial charge on any atom is 0.262 e. The van der Waals surface area contributed by atoms with Crippen LogP contribution in [0.3, 0.4) is 0 Å². The first kappa shape index (κ1) is 11.8. The monoisotopic (exact) mass is 221 g/mol. The average Bonchev–Trinajstić information content (AvgIpc) is 2.70. The topological polar surface area (TPSA) is 29.1 Å². The number of hydrogen-bond donors (Lipinski definition) is 1. The van der Waals surface area contributed by atoms with Crippen LogP contribution in [0.2, 0.25) is 0 Å². The summed E-state index contributed by atoms with van der Waals surface area (Å²) in [7, 11) is 0. The summed E-state index contributed by atoms with van der Waals surface area (Å²) < 4.78 is 0. The second kappa shape index (κ2) is 4.50. The highest BCUT2D eigenvalue weighted by Crippen LogP contribution is 2.17. The van der Waals surface area contributed by atoms with E-state index in [1.807, 2.05) is 32.2 Å². The van der Waals surface area contributed by atoms with E-state index in [1.54, 1.807) is 6.07 Å². The summed E-state index contributed by atoms with van der Waals surface area (Å²) in [6.45, 7) is 5.85. The Bertz CT molecular complexity index is 375. The molecule has 0 spiro atoms. The lowest BCUT2D eigenvalue weighted by Gasteiger charge is -2.29. The van der Waals surface area contributed by atoms with E-state index in [1.165, 1.54) is 11.3 Å².